The van der Waals surface area contributed by atoms with Gasteiger partial charge in [0.2, 0.25) is 0 Å². The van der Waals surface area contributed by atoms with Gasteiger partial charge in [-0.2, -0.15) is 0 Å². The molecule has 0 aromatic carbocycles. The summed E-state index contributed by atoms with van der Waals surface area (Å²) in [7, 11) is 1.07. The highest BCUT2D eigenvalue weighted by atomic mass is 31.2. The zero-order valence-corrected chi connectivity index (χ0v) is 37.9. The van der Waals surface area contributed by atoms with E-state index in [0.29, 0.717) is 30.3 Å². The largest absolute Gasteiger partial charge is 0.756 e. The minimum absolute atomic E-state index is 0.0581. The zero-order chi connectivity index (χ0) is 43.1. The van der Waals surface area contributed by atoms with Gasteiger partial charge >= 0.3 is 11.9 Å². The fraction of sp³-hybridized carbons (Fsp3) is 0.696. The van der Waals surface area contributed by atoms with Crippen molar-refractivity contribution >= 4 is 19.8 Å². The number of quaternary nitrogens is 1. The molecule has 12 heteroatoms. The number of phosphoric acid groups is 1. The third kappa shape index (κ3) is 28.6. The number of esters is 2. The van der Waals surface area contributed by atoms with Gasteiger partial charge in [-0.3, -0.25) is 14.2 Å². The van der Waals surface area contributed by atoms with E-state index in [1.54, 1.807) is 0 Å². The van der Waals surface area contributed by atoms with Crippen LogP contribution in [0.25, 0.3) is 0 Å². The number of rotatable bonds is 35. The molecule has 11 nitrogen and oxygen atoms in total. The Morgan fingerprint density at radius 3 is 2.09 bits per heavy atom. The maximum absolute atomic E-state index is 12.7. The first kappa shape index (κ1) is 53.2. The second-order valence-electron chi connectivity index (χ2n) is 16.1. The predicted octanol–water partition coefficient (Wildman–Crippen LogP) is 9.90. The number of aliphatic hydroxyl groups is 1. The maximum Gasteiger partial charge on any atom is 0.306 e. The molecule has 0 amide bonds. The minimum Gasteiger partial charge on any atom is -0.756 e. The first-order chi connectivity index (χ1) is 27.7. The van der Waals surface area contributed by atoms with Gasteiger partial charge in [0.05, 0.1) is 33.9 Å². The van der Waals surface area contributed by atoms with Crippen molar-refractivity contribution in [2.45, 2.75) is 162 Å². The van der Waals surface area contributed by atoms with E-state index in [0.717, 1.165) is 101 Å². The number of allylic oxidation sites excluding steroid dienone is 7. The molecule has 1 aromatic rings. The molecule has 1 heterocycles. The fourth-order valence-electron chi connectivity index (χ4n) is 5.92. The number of phosphoric ester groups is 1. The van der Waals surface area contributed by atoms with Crippen molar-refractivity contribution in [1.82, 2.24) is 0 Å². The van der Waals surface area contributed by atoms with Crippen LogP contribution in [0.1, 0.15) is 146 Å². The molecule has 0 radical (unpaired) electrons. The number of carbonyl (C=O) groups is 2. The van der Waals surface area contributed by atoms with Crippen molar-refractivity contribution < 1.29 is 51.6 Å². The van der Waals surface area contributed by atoms with Crippen LogP contribution in [-0.2, 0) is 45.5 Å². The van der Waals surface area contributed by atoms with Crippen molar-refractivity contribution in [2.75, 3.05) is 47.5 Å². The maximum atomic E-state index is 12.7. The van der Waals surface area contributed by atoms with Gasteiger partial charge < -0.3 is 37.4 Å². The highest BCUT2D eigenvalue weighted by Crippen LogP contribution is 2.38. The van der Waals surface area contributed by atoms with Gasteiger partial charge in [-0.1, -0.05) is 107 Å². The summed E-state index contributed by atoms with van der Waals surface area (Å²) < 4.78 is 39.9. The fourth-order valence-corrected chi connectivity index (χ4v) is 6.65. The second-order valence-corrected chi connectivity index (χ2v) is 17.5. The Hall–Kier alpha value is -2.79. The number of hydrogen-bond acceptors (Lipinski definition) is 10. The molecule has 0 spiro atoms. The number of carbonyl (C=O) groups excluding carboxylic acids is 2. The Balaban J connectivity index is 2.43. The van der Waals surface area contributed by atoms with Gasteiger partial charge in [0.25, 0.3) is 7.82 Å². The van der Waals surface area contributed by atoms with E-state index in [9.17, 15) is 24.2 Å². The van der Waals surface area contributed by atoms with Crippen molar-refractivity contribution in [3.63, 3.8) is 0 Å². The highest BCUT2D eigenvalue weighted by molar-refractivity contribution is 7.45. The summed E-state index contributed by atoms with van der Waals surface area (Å²) in [5, 5.41) is 9.90. The van der Waals surface area contributed by atoms with Crippen LogP contribution in [0.15, 0.2) is 53.0 Å². The van der Waals surface area contributed by atoms with Crippen LogP contribution in [0.2, 0.25) is 0 Å². The van der Waals surface area contributed by atoms with Crippen LogP contribution in [-0.4, -0.2) is 81.2 Å². The molecule has 1 unspecified atom stereocenters. The molecule has 1 aromatic heterocycles. The van der Waals surface area contributed by atoms with E-state index >= 15 is 0 Å². The van der Waals surface area contributed by atoms with E-state index in [2.05, 4.69) is 39.8 Å². The summed E-state index contributed by atoms with van der Waals surface area (Å²) in [6.45, 7) is 8.15. The molecule has 58 heavy (non-hydrogen) atoms. The monoisotopic (exact) mass is 836 g/mol. The molecule has 0 aliphatic heterocycles. The number of nitrogens with zero attached hydrogens (tertiary/aromatic N) is 1. The summed E-state index contributed by atoms with van der Waals surface area (Å²) in [4.78, 5) is 37.6. The second kappa shape index (κ2) is 32.0. The van der Waals surface area contributed by atoms with Crippen LogP contribution in [0.3, 0.4) is 0 Å². The first-order valence-corrected chi connectivity index (χ1v) is 23.3. The SMILES string of the molecule is CCCCC[C@@H](O)/C=C/C=C\C/C=C\C/C=C\CCCC(=O)OC[C@H](COP(=O)([O-])OCC[N+](C)(C)C)OC(=O)CCCCCCCCc1oc(CCC)c(C)c1C. The Labute approximate surface area is 351 Å². The van der Waals surface area contributed by atoms with Gasteiger partial charge in [-0.25, -0.2) is 0 Å². The summed E-state index contributed by atoms with van der Waals surface area (Å²) in [6.07, 6.45) is 30.5. The molecule has 0 saturated heterocycles. The average Bonchev–Trinajstić information content (AvgIpc) is 3.42. The molecule has 1 rings (SSSR count). The van der Waals surface area contributed by atoms with Crippen molar-refractivity contribution in [2.24, 2.45) is 0 Å². The summed E-state index contributed by atoms with van der Waals surface area (Å²) in [5.41, 5.74) is 2.55. The molecule has 0 saturated carbocycles. The first-order valence-electron chi connectivity index (χ1n) is 21.8. The van der Waals surface area contributed by atoms with Gasteiger partial charge in [0.15, 0.2) is 6.10 Å². The predicted molar refractivity (Wildman–Crippen MR) is 231 cm³/mol. The van der Waals surface area contributed by atoms with Gasteiger partial charge in [0.1, 0.15) is 31.3 Å². The third-order valence-corrected chi connectivity index (χ3v) is 10.6. The lowest BCUT2D eigenvalue weighted by molar-refractivity contribution is -0.870. The lowest BCUT2D eigenvalue weighted by atomic mass is 10.0. The van der Waals surface area contributed by atoms with Gasteiger partial charge in [-0.05, 0) is 76.3 Å². The number of ether oxygens (including phenoxy) is 2. The normalized spacial score (nSPS) is 14.6. The smallest absolute Gasteiger partial charge is 0.306 e. The van der Waals surface area contributed by atoms with Crippen LogP contribution in [0, 0.1) is 13.8 Å². The van der Waals surface area contributed by atoms with Crippen LogP contribution >= 0.6 is 7.82 Å². The Morgan fingerprint density at radius 2 is 1.40 bits per heavy atom. The lowest BCUT2D eigenvalue weighted by Gasteiger charge is -2.28. The molecule has 0 bridgehead atoms. The quantitative estimate of drug-likeness (QED) is 0.0175. The summed E-state index contributed by atoms with van der Waals surface area (Å²) >= 11 is 0. The molecule has 0 aliphatic rings. The Morgan fingerprint density at radius 1 is 0.759 bits per heavy atom. The summed E-state index contributed by atoms with van der Waals surface area (Å²) in [5.74, 6) is 1.25. The molecule has 332 valence electrons. The lowest BCUT2D eigenvalue weighted by Crippen LogP contribution is -2.37. The number of unbranched alkanes of at least 4 members (excludes halogenated alkanes) is 8. The number of hydrogen-bond donors (Lipinski definition) is 1. The molecular formula is C46H78NO10P. The van der Waals surface area contributed by atoms with Crippen LogP contribution < -0.4 is 4.89 Å². The highest BCUT2D eigenvalue weighted by Gasteiger charge is 2.22. The number of furan rings is 1. The molecule has 1 N–H and O–H groups in total. The Kier molecular flexibility index (Phi) is 29.4. The zero-order valence-electron chi connectivity index (χ0n) is 37.1. The average molecular weight is 836 g/mol. The Bertz CT molecular complexity index is 1420. The van der Waals surface area contributed by atoms with Gasteiger partial charge in [0, 0.05) is 25.7 Å². The van der Waals surface area contributed by atoms with E-state index in [-0.39, 0.29) is 32.2 Å². The third-order valence-electron chi connectivity index (χ3n) is 9.63. The van der Waals surface area contributed by atoms with E-state index in [4.69, 9.17) is 22.9 Å². The van der Waals surface area contributed by atoms with E-state index < -0.39 is 32.5 Å². The molecule has 0 fully saturated rings. The van der Waals surface area contributed by atoms with E-state index in [1.807, 2.05) is 57.6 Å². The number of aryl methyl sites for hydroxylation is 2. The van der Waals surface area contributed by atoms with E-state index in [1.165, 1.54) is 11.1 Å². The van der Waals surface area contributed by atoms with Crippen molar-refractivity contribution in [3.05, 3.63) is 71.3 Å². The molecular weight excluding hydrogens is 757 g/mol. The minimum atomic E-state index is -4.66. The van der Waals surface area contributed by atoms with Gasteiger partial charge in [-0.15, -0.1) is 0 Å². The molecule has 0 aliphatic carbocycles. The van der Waals surface area contributed by atoms with Crippen molar-refractivity contribution in [1.29, 1.82) is 0 Å². The summed E-state index contributed by atoms with van der Waals surface area (Å²) in [6, 6.07) is 0. The standard InChI is InChI=1S/C46H78NO10P/c1-8-10-24-30-41(48)31-25-20-16-14-12-11-13-15-17-22-27-33-45(49)53-37-42(38-55-58(51,52)54-36-35-47(5,6)7)56-46(50)34-28-23-19-18-21-26-32-44-40(4)39(3)43(57-44)29-9-2/h11-12,15-17,20,25,31,41-42,48H,8-10,13-14,18-19,21-24,26-30,32-38H2,1-7H3/b12-11-,17-15-,20-16-,31-25+/t41-,42-/m1/s1. The number of aliphatic hydroxyl groups excluding tert-OH is 1. The molecule has 3 atom stereocenters. The van der Waals surface area contributed by atoms with Crippen molar-refractivity contribution in [3.8, 4) is 0 Å². The topological polar surface area (TPSA) is 145 Å². The van der Waals surface area contributed by atoms with Crippen LogP contribution in [0.4, 0.5) is 0 Å². The number of likely N-dealkylation sites (N-methyl/N-ethyl adjacent to an activating group) is 1. The van der Waals surface area contributed by atoms with Crippen LogP contribution in [0.5, 0.6) is 0 Å².